The van der Waals surface area contributed by atoms with Gasteiger partial charge >= 0.3 is 0 Å². The van der Waals surface area contributed by atoms with E-state index in [0.29, 0.717) is 23.8 Å². The molecule has 0 bridgehead atoms. The van der Waals surface area contributed by atoms with Crippen LogP contribution in [0.5, 0.6) is 5.75 Å². The van der Waals surface area contributed by atoms with Crippen molar-refractivity contribution in [2.75, 3.05) is 37.7 Å². The molecule has 0 atom stereocenters. The minimum absolute atomic E-state index is 0. The number of hydrogen-bond donors (Lipinski definition) is 0. The van der Waals surface area contributed by atoms with Gasteiger partial charge in [0.25, 0.3) is 5.91 Å². The van der Waals surface area contributed by atoms with Gasteiger partial charge in [-0.2, -0.15) is 0 Å². The lowest BCUT2D eigenvalue weighted by atomic mass is 10.2. The Balaban J connectivity index is 0.00000320. The number of aromatic nitrogens is 1. The molecular weight excluding hydrogens is 486 g/mol. The second-order valence-electron chi connectivity index (χ2n) is 6.55. The predicted octanol–water partition coefficient (Wildman–Crippen LogP) is 5.87. The van der Waals surface area contributed by atoms with Crippen LogP contribution in [-0.4, -0.2) is 48.6 Å². The number of rotatable bonds is 9. The van der Waals surface area contributed by atoms with Gasteiger partial charge in [0.15, 0.2) is 5.13 Å². The topological polar surface area (TPSA) is 45.7 Å². The van der Waals surface area contributed by atoms with Crippen molar-refractivity contribution in [3.05, 3.63) is 52.5 Å². The molecule has 0 saturated carbocycles. The van der Waals surface area contributed by atoms with E-state index in [2.05, 4.69) is 34.7 Å². The van der Waals surface area contributed by atoms with E-state index in [0.717, 1.165) is 40.1 Å². The molecule has 0 spiro atoms. The lowest BCUT2D eigenvalue weighted by Gasteiger charge is -2.24. The van der Waals surface area contributed by atoms with Gasteiger partial charge in [0, 0.05) is 23.1 Å². The quantitative estimate of drug-likeness (QED) is 0.360. The summed E-state index contributed by atoms with van der Waals surface area (Å²) in [6, 6.07) is 13.3. The molecule has 5 nitrogen and oxygen atoms in total. The number of halogens is 2. The molecule has 0 unspecified atom stereocenters. The Morgan fingerprint density at radius 2 is 1.77 bits per heavy atom. The number of nitrogens with zero attached hydrogens (tertiary/aromatic N) is 3. The van der Waals surface area contributed by atoms with E-state index in [-0.39, 0.29) is 18.3 Å². The first-order valence-electron chi connectivity index (χ1n) is 9.88. The third kappa shape index (κ3) is 5.94. The Hall–Kier alpha value is -1.67. The summed E-state index contributed by atoms with van der Waals surface area (Å²) in [6.07, 6.45) is 0. The van der Waals surface area contributed by atoms with Crippen LogP contribution in [0.15, 0.2) is 46.9 Å². The highest BCUT2D eigenvalue weighted by Crippen LogP contribution is 2.32. The van der Waals surface area contributed by atoms with E-state index < -0.39 is 0 Å². The third-order valence-corrected chi connectivity index (χ3v) is 6.33. The van der Waals surface area contributed by atoms with Gasteiger partial charge in [0.05, 0.1) is 16.8 Å². The SMILES string of the molecule is CCOc1ccc2nc(N(CCN(CC)CC)C(=O)c3ccc(Br)cc3)sc2c1.Cl. The maximum absolute atomic E-state index is 13.3. The summed E-state index contributed by atoms with van der Waals surface area (Å²) in [7, 11) is 0. The number of benzene rings is 2. The normalized spacial score (nSPS) is 10.8. The molecule has 0 aliphatic carbocycles. The number of anilines is 1. The van der Waals surface area contributed by atoms with Crippen molar-refractivity contribution < 1.29 is 9.53 Å². The number of fused-ring (bicyclic) bond motifs is 1. The molecule has 30 heavy (non-hydrogen) atoms. The Bertz CT molecular complexity index is 961. The molecular formula is C22H27BrClN3O2S. The van der Waals surface area contributed by atoms with E-state index in [9.17, 15) is 4.79 Å². The van der Waals surface area contributed by atoms with Crippen LogP contribution >= 0.6 is 39.7 Å². The molecule has 2 aromatic carbocycles. The maximum Gasteiger partial charge on any atom is 0.260 e. The highest BCUT2D eigenvalue weighted by atomic mass is 79.9. The maximum atomic E-state index is 13.3. The molecule has 0 radical (unpaired) electrons. The first-order valence-corrected chi connectivity index (χ1v) is 11.5. The van der Waals surface area contributed by atoms with Crippen LogP contribution in [0, 0.1) is 0 Å². The zero-order chi connectivity index (χ0) is 20.8. The fourth-order valence-electron chi connectivity index (χ4n) is 3.08. The number of hydrogen-bond acceptors (Lipinski definition) is 5. The Morgan fingerprint density at radius 3 is 2.40 bits per heavy atom. The summed E-state index contributed by atoms with van der Waals surface area (Å²) in [5.41, 5.74) is 1.53. The summed E-state index contributed by atoms with van der Waals surface area (Å²) in [5.74, 6) is 0.790. The molecule has 8 heteroatoms. The van der Waals surface area contributed by atoms with E-state index in [1.165, 1.54) is 11.3 Å². The molecule has 0 N–H and O–H groups in total. The summed E-state index contributed by atoms with van der Waals surface area (Å²) in [4.78, 5) is 22.2. The zero-order valence-electron chi connectivity index (χ0n) is 17.4. The van der Waals surface area contributed by atoms with Crippen molar-refractivity contribution in [2.45, 2.75) is 20.8 Å². The van der Waals surface area contributed by atoms with Gasteiger partial charge in [-0.1, -0.05) is 41.1 Å². The average molecular weight is 513 g/mol. The van der Waals surface area contributed by atoms with Crippen molar-refractivity contribution >= 4 is 60.9 Å². The van der Waals surface area contributed by atoms with E-state index in [1.807, 2.05) is 49.4 Å². The second-order valence-corrected chi connectivity index (χ2v) is 8.47. The fraction of sp³-hybridized carbons (Fsp3) is 0.364. The van der Waals surface area contributed by atoms with E-state index >= 15 is 0 Å². The van der Waals surface area contributed by atoms with Crippen LogP contribution in [0.3, 0.4) is 0 Å². The predicted molar refractivity (Wildman–Crippen MR) is 132 cm³/mol. The van der Waals surface area contributed by atoms with Crippen molar-refractivity contribution in [2.24, 2.45) is 0 Å². The Labute approximate surface area is 196 Å². The molecule has 0 aliphatic rings. The number of amides is 1. The molecule has 0 aliphatic heterocycles. The van der Waals surface area contributed by atoms with Gasteiger partial charge in [0.2, 0.25) is 0 Å². The number of ether oxygens (including phenoxy) is 1. The van der Waals surface area contributed by atoms with Crippen LogP contribution in [-0.2, 0) is 0 Å². The smallest absolute Gasteiger partial charge is 0.260 e. The van der Waals surface area contributed by atoms with E-state index in [4.69, 9.17) is 9.72 Å². The van der Waals surface area contributed by atoms with Gasteiger partial charge in [0.1, 0.15) is 5.75 Å². The van der Waals surface area contributed by atoms with Crippen LogP contribution in [0.4, 0.5) is 5.13 Å². The van der Waals surface area contributed by atoms with Crippen LogP contribution in [0.2, 0.25) is 0 Å². The Morgan fingerprint density at radius 1 is 1.07 bits per heavy atom. The first-order chi connectivity index (χ1) is 14.0. The van der Waals surface area contributed by atoms with Crippen LogP contribution in [0.25, 0.3) is 10.2 Å². The molecule has 1 amide bonds. The van der Waals surface area contributed by atoms with Crippen molar-refractivity contribution in [3.63, 3.8) is 0 Å². The minimum atomic E-state index is -0.0336. The monoisotopic (exact) mass is 511 g/mol. The van der Waals surface area contributed by atoms with Crippen molar-refractivity contribution in [3.8, 4) is 5.75 Å². The standard InChI is InChI=1S/C22H26BrN3O2S.ClH/c1-4-25(5-2)13-14-26(21(27)16-7-9-17(23)10-8-16)22-24-19-12-11-18(28-6-3)15-20(19)29-22;/h7-12,15H,4-6,13-14H2,1-3H3;1H. The second kappa shape index (κ2) is 11.6. The van der Waals surface area contributed by atoms with E-state index in [1.54, 1.807) is 4.90 Å². The van der Waals surface area contributed by atoms with Crippen molar-refractivity contribution in [1.82, 2.24) is 9.88 Å². The van der Waals surface area contributed by atoms with Crippen LogP contribution in [0.1, 0.15) is 31.1 Å². The number of likely N-dealkylation sites (N-methyl/N-ethyl adjacent to an activating group) is 1. The zero-order valence-corrected chi connectivity index (χ0v) is 20.6. The molecule has 1 aromatic heterocycles. The van der Waals surface area contributed by atoms with Gasteiger partial charge in [-0.25, -0.2) is 4.98 Å². The Kier molecular flexibility index (Phi) is 9.55. The molecule has 0 fully saturated rings. The number of thiazole rings is 1. The van der Waals surface area contributed by atoms with Gasteiger partial charge in [-0.15, -0.1) is 12.4 Å². The van der Waals surface area contributed by atoms with Gasteiger partial charge in [-0.3, -0.25) is 9.69 Å². The third-order valence-electron chi connectivity index (χ3n) is 4.76. The largest absolute Gasteiger partial charge is 0.494 e. The lowest BCUT2D eigenvalue weighted by molar-refractivity contribution is 0.0984. The lowest BCUT2D eigenvalue weighted by Crippen LogP contribution is -2.38. The molecule has 1 heterocycles. The van der Waals surface area contributed by atoms with Gasteiger partial charge < -0.3 is 9.64 Å². The molecule has 162 valence electrons. The molecule has 3 rings (SSSR count). The highest BCUT2D eigenvalue weighted by molar-refractivity contribution is 9.10. The fourth-order valence-corrected chi connectivity index (χ4v) is 4.36. The first kappa shape index (κ1) is 24.6. The highest BCUT2D eigenvalue weighted by Gasteiger charge is 2.22. The van der Waals surface area contributed by atoms with Crippen LogP contribution < -0.4 is 9.64 Å². The molecule has 0 saturated heterocycles. The van der Waals surface area contributed by atoms with Crippen molar-refractivity contribution in [1.29, 1.82) is 0 Å². The summed E-state index contributed by atoms with van der Waals surface area (Å²) < 4.78 is 7.57. The average Bonchev–Trinajstić information content (AvgIpc) is 3.14. The minimum Gasteiger partial charge on any atom is -0.494 e. The number of carbonyl (C=O) groups excluding carboxylic acids is 1. The summed E-state index contributed by atoms with van der Waals surface area (Å²) >= 11 is 4.96. The summed E-state index contributed by atoms with van der Waals surface area (Å²) in [6.45, 7) is 10.2. The summed E-state index contributed by atoms with van der Waals surface area (Å²) in [5, 5.41) is 0.716. The molecule has 3 aromatic rings. The van der Waals surface area contributed by atoms with Gasteiger partial charge in [-0.05, 0) is 62.5 Å². The number of carbonyl (C=O) groups is 1.